The maximum Gasteiger partial charge on any atom is 0.253 e. The van der Waals surface area contributed by atoms with Gasteiger partial charge in [-0.2, -0.15) is 0 Å². The molecule has 2 aliphatic carbocycles. The fourth-order valence-electron chi connectivity index (χ4n) is 8.55. The molecule has 50 heavy (non-hydrogen) atoms. The van der Waals surface area contributed by atoms with Gasteiger partial charge in [-0.15, -0.1) is 11.3 Å². The van der Waals surface area contributed by atoms with E-state index in [1.807, 2.05) is 11.3 Å². The van der Waals surface area contributed by atoms with Gasteiger partial charge in [0.05, 0.1) is 17.1 Å². The summed E-state index contributed by atoms with van der Waals surface area (Å²) in [6.07, 6.45) is 6.69. The molecule has 2 nitrogen and oxygen atoms in total. The highest BCUT2D eigenvalue weighted by atomic mass is 32.1. The van der Waals surface area contributed by atoms with Crippen LogP contribution in [0.3, 0.4) is 0 Å². The Morgan fingerprint density at radius 3 is 2.08 bits per heavy atom. The third-order valence-corrected chi connectivity index (χ3v) is 12.0. The van der Waals surface area contributed by atoms with E-state index in [0.717, 1.165) is 24.2 Å². The highest BCUT2D eigenvalue weighted by Gasteiger charge is 2.46. The van der Waals surface area contributed by atoms with Crippen LogP contribution in [-0.2, 0) is 6.42 Å². The third-order valence-electron chi connectivity index (χ3n) is 10.9. The van der Waals surface area contributed by atoms with Crippen molar-refractivity contribution in [2.45, 2.75) is 40.5 Å². The fourth-order valence-corrected chi connectivity index (χ4v) is 9.77. The second kappa shape index (κ2) is 11.0. The predicted molar refractivity (Wildman–Crippen MR) is 214 cm³/mol. The van der Waals surface area contributed by atoms with Crippen LogP contribution >= 0.6 is 11.3 Å². The van der Waals surface area contributed by atoms with E-state index < -0.39 is 0 Å². The molecule has 10 rings (SSSR count). The van der Waals surface area contributed by atoms with Crippen LogP contribution in [0, 0.1) is 27.7 Å². The van der Waals surface area contributed by atoms with Gasteiger partial charge in [-0.3, -0.25) is 0 Å². The molecule has 4 heteroatoms. The first-order valence-corrected chi connectivity index (χ1v) is 18.4. The number of aryl methyl sites for hydroxylation is 5. The van der Waals surface area contributed by atoms with Crippen molar-refractivity contribution in [3.63, 3.8) is 0 Å². The normalized spacial score (nSPS) is 15.5. The molecule has 5 aromatic carbocycles. The Morgan fingerprint density at radius 2 is 1.32 bits per heavy atom. The Labute approximate surface area is 298 Å². The number of hydrogen-bond acceptors (Lipinski definition) is 3. The highest BCUT2D eigenvalue weighted by molar-refractivity contribution is 7.20. The van der Waals surface area contributed by atoms with Crippen molar-refractivity contribution in [3.05, 3.63) is 176 Å². The molecule has 0 saturated carbocycles. The summed E-state index contributed by atoms with van der Waals surface area (Å²) in [6.45, 7) is 8.88. The summed E-state index contributed by atoms with van der Waals surface area (Å²) in [5.74, 6) is 0. The van der Waals surface area contributed by atoms with Gasteiger partial charge in [0.2, 0.25) is 0 Å². The van der Waals surface area contributed by atoms with Crippen molar-refractivity contribution in [3.8, 4) is 0 Å². The molecule has 0 atom stereocenters. The Kier molecular flexibility index (Phi) is 6.48. The number of nitrogens with zero attached hydrogens (tertiary/aromatic N) is 2. The average Bonchev–Trinajstić information content (AvgIpc) is 3.50. The van der Waals surface area contributed by atoms with E-state index >= 15 is 0 Å². The number of anilines is 4. The lowest BCUT2D eigenvalue weighted by molar-refractivity contribution is 1.02. The lowest BCUT2D eigenvalue weighted by Crippen LogP contribution is -2.56. The van der Waals surface area contributed by atoms with E-state index in [-0.39, 0.29) is 6.71 Å². The van der Waals surface area contributed by atoms with Gasteiger partial charge in [0.1, 0.15) is 0 Å². The summed E-state index contributed by atoms with van der Waals surface area (Å²) in [7, 11) is 0. The minimum absolute atomic E-state index is 0.0810. The molecule has 4 aliphatic rings. The second-order valence-electron chi connectivity index (χ2n) is 14.3. The van der Waals surface area contributed by atoms with Crippen LogP contribution in [0.25, 0.3) is 21.7 Å². The average molecular weight is 659 g/mol. The van der Waals surface area contributed by atoms with Crippen LogP contribution < -0.4 is 20.7 Å². The van der Waals surface area contributed by atoms with E-state index in [9.17, 15) is 0 Å². The Hall–Kier alpha value is -5.50. The fraction of sp³-hybridized carbons (Fsp3) is 0.130. The largest absolute Gasteiger partial charge is 0.311 e. The summed E-state index contributed by atoms with van der Waals surface area (Å²) in [4.78, 5) is 6.33. The van der Waals surface area contributed by atoms with Crippen molar-refractivity contribution in [2.75, 3.05) is 9.80 Å². The molecule has 0 unspecified atom stereocenters. The van der Waals surface area contributed by atoms with Crippen molar-refractivity contribution in [1.82, 2.24) is 0 Å². The molecule has 0 spiro atoms. The smallest absolute Gasteiger partial charge is 0.253 e. The van der Waals surface area contributed by atoms with E-state index in [4.69, 9.17) is 0 Å². The molecule has 2 aliphatic heterocycles. The summed E-state index contributed by atoms with van der Waals surface area (Å²) in [5, 5.41) is 1.41. The number of thiophene rings is 1. The van der Waals surface area contributed by atoms with Crippen molar-refractivity contribution < 1.29 is 0 Å². The van der Waals surface area contributed by atoms with Gasteiger partial charge in [0.25, 0.3) is 6.71 Å². The van der Waals surface area contributed by atoms with Crippen LogP contribution in [0.4, 0.5) is 22.7 Å². The molecule has 3 heterocycles. The van der Waals surface area contributed by atoms with Gasteiger partial charge in [-0.25, -0.2) is 0 Å². The van der Waals surface area contributed by atoms with Gasteiger partial charge in [0.15, 0.2) is 0 Å². The molecule has 0 bridgehead atoms. The maximum atomic E-state index is 3.69. The lowest BCUT2D eigenvalue weighted by Gasteiger charge is -2.45. The van der Waals surface area contributed by atoms with Crippen LogP contribution in [0.15, 0.2) is 138 Å². The van der Waals surface area contributed by atoms with Crippen LogP contribution in [0.1, 0.15) is 44.7 Å². The molecular weight excluding hydrogens is 623 g/mol. The van der Waals surface area contributed by atoms with Gasteiger partial charge in [0, 0.05) is 38.3 Å². The van der Waals surface area contributed by atoms with Crippen molar-refractivity contribution in [2.24, 2.45) is 0 Å². The third kappa shape index (κ3) is 4.37. The van der Waals surface area contributed by atoms with Crippen molar-refractivity contribution in [1.29, 1.82) is 0 Å². The summed E-state index contributed by atoms with van der Waals surface area (Å²) in [5.41, 5.74) is 27.5. The Bertz CT molecular complexity index is 2620. The molecule has 238 valence electrons. The minimum Gasteiger partial charge on any atom is -0.311 e. The van der Waals surface area contributed by atoms with Gasteiger partial charge in [-0.05, 0) is 128 Å². The zero-order valence-electron chi connectivity index (χ0n) is 28.8. The van der Waals surface area contributed by atoms with E-state index in [2.05, 4.69) is 164 Å². The quantitative estimate of drug-likeness (QED) is 0.138. The first-order chi connectivity index (χ1) is 24.4. The minimum atomic E-state index is 0.0810. The summed E-state index contributed by atoms with van der Waals surface area (Å²) < 4.78 is 1.38. The lowest BCUT2D eigenvalue weighted by atomic mass is 9.32. The summed E-state index contributed by atoms with van der Waals surface area (Å²) in [6, 6.07) is 38.8. The Morgan fingerprint density at radius 1 is 0.660 bits per heavy atom. The van der Waals surface area contributed by atoms with Crippen LogP contribution in [0.5, 0.6) is 0 Å². The van der Waals surface area contributed by atoms with Gasteiger partial charge in [-0.1, -0.05) is 88.6 Å². The molecule has 0 fully saturated rings. The zero-order chi connectivity index (χ0) is 33.7. The first kappa shape index (κ1) is 29.4. The molecule has 0 radical (unpaired) electrons. The number of fused-ring (bicyclic) bond motifs is 7. The first-order valence-electron chi connectivity index (χ1n) is 17.6. The van der Waals surface area contributed by atoms with Crippen LogP contribution in [-0.4, -0.2) is 6.71 Å². The Balaban J connectivity index is 1.23. The standard InChI is InChI=1S/C46H35BN2S/c1-28-12-18-33(19-13-28)48-40-22-15-30(3)25-37(40)47-38-26-31(4)16-23-41(38)49(43-10-7-9-42(48)46(43)47)39-21-14-29(2)24-36(39)32-17-20-35-34-8-5-6-11-44(34)50-45(35)27-32/h5-6,8-9,11-16,18-19,21-27H,17,20H2,1-4H3. The molecule has 0 amide bonds. The molecular formula is C46H35BN2S. The number of allylic oxidation sites excluding steroid dienone is 3. The van der Waals surface area contributed by atoms with Crippen LogP contribution in [0.2, 0.25) is 0 Å². The molecule has 1 aromatic heterocycles. The second-order valence-corrected chi connectivity index (χ2v) is 15.3. The van der Waals surface area contributed by atoms with E-state index in [0.29, 0.717) is 0 Å². The van der Waals surface area contributed by atoms with E-state index in [1.54, 1.807) is 0 Å². The summed E-state index contributed by atoms with van der Waals surface area (Å²) >= 11 is 1.92. The highest BCUT2D eigenvalue weighted by Crippen LogP contribution is 2.48. The number of hydrogen-bond donors (Lipinski definition) is 0. The molecule has 6 aromatic rings. The van der Waals surface area contributed by atoms with E-state index in [1.165, 1.54) is 93.1 Å². The van der Waals surface area contributed by atoms with Gasteiger partial charge < -0.3 is 9.80 Å². The molecule has 0 saturated heterocycles. The van der Waals surface area contributed by atoms with Gasteiger partial charge >= 0.3 is 0 Å². The van der Waals surface area contributed by atoms with Crippen molar-refractivity contribution >= 4 is 73.5 Å². The SMILES string of the molecule is Cc1ccc(N2C3=C4B(c5cc(C)ccc52)c2cc(C)ccc2N(c2ccc(C)cc2C2=Cc5sc6ccccc6c5CC2)C4=C=C=C3)cc1. The maximum absolute atomic E-state index is 3.69. The predicted octanol–water partition coefficient (Wildman–Crippen LogP) is 10.5. The topological polar surface area (TPSA) is 6.48 Å². The monoisotopic (exact) mass is 658 g/mol. The molecule has 0 N–H and O–H groups in total. The zero-order valence-corrected chi connectivity index (χ0v) is 29.6. The number of rotatable bonds is 3. The number of benzene rings is 5.